The Kier molecular flexibility index (Phi) is 4.43. The van der Waals surface area contributed by atoms with Gasteiger partial charge in [0.15, 0.2) is 0 Å². The second-order valence-electron chi connectivity index (χ2n) is 6.72. The Hall–Kier alpha value is -3.46. The lowest BCUT2D eigenvalue weighted by molar-refractivity contribution is -0.113. The molecule has 3 aromatic carbocycles. The van der Waals surface area contributed by atoms with Crippen LogP contribution in [0.25, 0.3) is 6.08 Å². The molecule has 0 unspecified atom stereocenters. The van der Waals surface area contributed by atoms with E-state index in [1.807, 2.05) is 92.7 Å². The maximum atomic E-state index is 13.2. The van der Waals surface area contributed by atoms with Gasteiger partial charge < -0.3 is 0 Å². The van der Waals surface area contributed by atoms with Crippen LogP contribution in [0.1, 0.15) is 22.3 Å². The molecule has 0 bridgehead atoms. The maximum Gasteiger partial charge on any atom is 0.282 e. The second kappa shape index (κ2) is 7.04. The average molecular weight is 352 g/mol. The molecule has 0 saturated heterocycles. The first-order valence-electron chi connectivity index (χ1n) is 8.95. The van der Waals surface area contributed by atoms with Crippen LogP contribution in [-0.2, 0) is 4.79 Å². The molecular weight excluding hydrogens is 332 g/mol. The van der Waals surface area contributed by atoms with Crippen molar-refractivity contribution in [2.75, 3.05) is 4.90 Å². The molecule has 0 atom stereocenters. The molecule has 27 heavy (non-hydrogen) atoms. The highest BCUT2D eigenvalue weighted by Crippen LogP contribution is 2.28. The summed E-state index contributed by atoms with van der Waals surface area (Å²) in [6.45, 7) is 4.07. The van der Waals surface area contributed by atoms with Crippen LogP contribution < -0.4 is 4.90 Å². The lowest BCUT2D eigenvalue weighted by Gasteiger charge is -2.19. The zero-order valence-electron chi connectivity index (χ0n) is 15.4. The Bertz CT molecular complexity index is 1050. The Morgan fingerprint density at radius 1 is 0.815 bits per heavy atom. The fourth-order valence-corrected chi connectivity index (χ4v) is 3.13. The zero-order chi connectivity index (χ0) is 18.8. The molecule has 3 nitrogen and oxygen atoms in total. The fourth-order valence-electron chi connectivity index (χ4n) is 3.13. The highest BCUT2D eigenvalue weighted by atomic mass is 16.2. The van der Waals surface area contributed by atoms with Gasteiger partial charge in [-0.15, -0.1) is 0 Å². The number of amides is 1. The van der Waals surface area contributed by atoms with Gasteiger partial charge in [-0.3, -0.25) is 9.69 Å². The summed E-state index contributed by atoms with van der Waals surface area (Å²) in [4.78, 5) is 19.6. The highest BCUT2D eigenvalue weighted by molar-refractivity contribution is 6.33. The van der Waals surface area contributed by atoms with Gasteiger partial charge in [0, 0.05) is 5.56 Å². The van der Waals surface area contributed by atoms with Crippen LogP contribution >= 0.6 is 0 Å². The fraction of sp³-hybridized carbons (Fsp3) is 0.0833. The number of hydrogen-bond acceptors (Lipinski definition) is 2. The van der Waals surface area contributed by atoms with Gasteiger partial charge in [-0.2, -0.15) is 0 Å². The van der Waals surface area contributed by atoms with E-state index < -0.39 is 0 Å². The Balaban J connectivity index is 1.84. The number of rotatable bonds is 3. The summed E-state index contributed by atoms with van der Waals surface area (Å²) in [5, 5.41) is 0. The topological polar surface area (TPSA) is 32.7 Å². The standard InChI is InChI=1S/C24H20N2O/c1-17-11-13-21(14-12-17)26-23(20-10-6-7-18(2)15-20)25-22(24(26)27)16-19-8-4-3-5-9-19/h3-16H,1-2H3/b22-16+. The summed E-state index contributed by atoms with van der Waals surface area (Å²) in [6.07, 6.45) is 1.84. The first kappa shape index (κ1) is 17.0. The summed E-state index contributed by atoms with van der Waals surface area (Å²) in [5.74, 6) is 0.550. The predicted octanol–water partition coefficient (Wildman–Crippen LogP) is 5.14. The minimum Gasteiger partial charge on any atom is -0.266 e. The number of nitrogens with zero attached hydrogens (tertiary/aromatic N) is 2. The van der Waals surface area contributed by atoms with Crippen molar-refractivity contribution >= 4 is 23.5 Å². The molecule has 0 radical (unpaired) electrons. The molecule has 0 fully saturated rings. The monoisotopic (exact) mass is 352 g/mol. The molecule has 0 spiro atoms. The van der Waals surface area contributed by atoms with Crippen molar-refractivity contribution < 1.29 is 4.79 Å². The molecule has 0 N–H and O–H groups in total. The Morgan fingerprint density at radius 2 is 1.56 bits per heavy atom. The Morgan fingerprint density at radius 3 is 2.26 bits per heavy atom. The van der Waals surface area contributed by atoms with Crippen molar-refractivity contribution in [3.63, 3.8) is 0 Å². The van der Waals surface area contributed by atoms with E-state index in [1.54, 1.807) is 4.90 Å². The van der Waals surface area contributed by atoms with Crippen LogP contribution in [0.2, 0.25) is 0 Å². The predicted molar refractivity (Wildman–Crippen MR) is 111 cm³/mol. The van der Waals surface area contributed by atoms with Crippen LogP contribution in [0, 0.1) is 13.8 Å². The number of carbonyl (C=O) groups excluding carboxylic acids is 1. The quantitative estimate of drug-likeness (QED) is 0.601. The number of benzene rings is 3. The number of carbonyl (C=O) groups is 1. The number of aliphatic imine (C=N–C) groups is 1. The molecule has 1 aliphatic rings. The van der Waals surface area contributed by atoms with E-state index in [9.17, 15) is 4.79 Å². The van der Waals surface area contributed by atoms with Gasteiger partial charge in [-0.05, 0) is 43.7 Å². The number of hydrogen-bond donors (Lipinski definition) is 0. The summed E-state index contributed by atoms with van der Waals surface area (Å²) in [6, 6.07) is 25.8. The highest BCUT2D eigenvalue weighted by Gasteiger charge is 2.32. The van der Waals surface area contributed by atoms with E-state index >= 15 is 0 Å². The summed E-state index contributed by atoms with van der Waals surface area (Å²) >= 11 is 0. The molecule has 4 rings (SSSR count). The minimum absolute atomic E-state index is 0.112. The second-order valence-corrected chi connectivity index (χ2v) is 6.72. The number of aryl methyl sites for hydroxylation is 2. The molecule has 1 heterocycles. The van der Waals surface area contributed by atoms with Crippen molar-refractivity contribution in [2.45, 2.75) is 13.8 Å². The molecular formula is C24H20N2O. The number of amidine groups is 1. The van der Waals surface area contributed by atoms with E-state index in [2.05, 4.69) is 6.07 Å². The molecule has 0 saturated carbocycles. The molecule has 0 aliphatic carbocycles. The van der Waals surface area contributed by atoms with Crippen LogP contribution in [0.3, 0.4) is 0 Å². The van der Waals surface area contributed by atoms with Crippen LogP contribution in [0.15, 0.2) is 89.6 Å². The third-order valence-electron chi connectivity index (χ3n) is 4.53. The first-order chi connectivity index (χ1) is 13.1. The number of anilines is 1. The van der Waals surface area contributed by atoms with Crippen LogP contribution in [0.5, 0.6) is 0 Å². The van der Waals surface area contributed by atoms with Gasteiger partial charge >= 0.3 is 0 Å². The van der Waals surface area contributed by atoms with Crippen LogP contribution in [-0.4, -0.2) is 11.7 Å². The largest absolute Gasteiger partial charge is 0.282 e. The molecule has 1 amide bonds. The van der Waals surface area contributed by atoms with Gasteiger partial charge in [0.05, 0.1) is 5.69 Å². The molecule has 3 aromatic rings. The minimum atomic E-state index is -0.112. The molecule has 132 valence electrons. The molecule has 0 aromatic heterocycles. The van der Waals surface area contributed by atoms with Crippen molar-refractivity contribution in [2.24, 2.45) is 4.99 Å². The summed E-state index contributed by atoms with van der Waals surface area (Å²) in [5.41, 5.74) is 5.44. The normalized spacial score (nSPS) is 15.3. The van der Waals surface area contributed by atoms with E-state index in [0.717, 1.165) is 27.9 Å². The van der Waals surface area contributed by atoms with Gasteiger partial charge in [-0.1, -0.05) is 71.8 Å². The third kappa shape index (κ3) is 3.44. The third-order valence-corrected chi connectivity index (χ3v) is 4.53. The first-order valence-corrected chi connectivity index (χ1v) is 8.95. The molecule has 1 aliphatic heterocycles. The zero-order valence-corrected chi connectivity index (χ0v) is 15.4. The van der Waals surface area contributed by atoms with Crippen molar-refractivity contribution in [1.82, 2.24) is 0 Å². The van der Waals surface area contributed by atoms with Gasteiger partial charge in [0.1, 0.15) is 11.5 Å². The van der Waals surface area contributed by atoms with Crippen molar-refractivity contribution in [1.29, 1.82) is 0 Å². The van der Waals surface area contributed by atoms with Crippen LogP contribution in [0.4, 0.5) is 5.69 Å². The van der Waals surface area contributed by atoms with Crippen molar-refractivity contribution in [3.05, 3.63) is 107 Å². The van der Waals surface area contributed by atoms with E-state index in [4.69, 9.17) is 4.99 Å². The Labute approximate surface area is 159 Å². The van der Waals surface area contributed by atoms with E-state index in [1.165, 1.54) is 0 Å². The van der Waals surface area contributed by atoms with Crippen molar-refractivity contribution in [3.8, 4) is 0 Å². The SMILES string of the molecule is Cc1ccc(N2C(=O)/C(=C\c3ccccc3)N=C2c2cccc(C)c2)cc1. The smallest absolute Gasteiger partial charge is 0.266 e. The lowest BCUT2D eigenvalue weighted by Crippen LogP contribution is -2.32. The maximum absolute atomic E-state index is 13.2. The summed E-state index contributed by atoms with van der Waals surface area (Å²) < 4.78 is 0. The van der Waals surface area contributed by atoms with Gasteiger partial charge in [0.2, 0.25) is 0 Å². The van der Waals surface area contributed by atoms with E-state index in [0.29, 0.717) is 11.5 Å². The lowest BCUT2D eigenvalue weighted by atomic mass is 10.1. The van der Waals surface area contributed by atoms with Gasteiger partial charge in [0.25, 0.3) is 5.91 Å². The average Bonchev–Trinajstić information content (AvgIpc) is 3.00. The van der Waals surface area contributed by atoms with E-state index in [-0.39, 0.29) is 5.91 Å². The summed E-state index contributed by atoms with van der Waals surface area (Å²) in [7, 11) is 0. The molecule has 3 heteroatoms. The van der Waals surface area contributed by atoms with Gasteiger partial charge in [-0.25, -0.2) is 4.99 Å².